The smallest absolute Gasteiger partial charge is 0.277 e. The minimum atomic E-state index is -1.07. The van der Waals surface area contributed by atoms with Gasteiger partial charge in [0.15, 0.2) is 11.5 Å². The Hall–Kier alpha value is -3.05. The number of thiazole rings is 1. The first-order valence-corrected chi connectivity index (χ1v) is 10.7. The molecule has 164 valence electrons. The Labute approximate surface area is 181 Å². The van der Waals surface area contributed by atoms with Crippen LogP contribution in [0.25, 0.3) is 10.6 Å². The number of anilines is 3. The number of nitrogens with two attached hydrogens (primary N) is 2. The molecule has 1 aromatic carbocycles. The minimum absolute atomic E-state index is 0.0137. The SMILES string of the molecule is Cn1ncc(NC(=O)c2nc(-c3ccccc3F)sc2N)c1N1CC[C@@H](F)[C@@H](N)CC1. The number of hydrogen-bond acceptors (Lipinski definition) is 7. The highest BCUT2D eigenvalue weighted by atomic mass is 32.1. The van der Waals surface area contributed by atoms with Crippen LogP contribution in [0.2, 0.25) is 0 Å². The van der Waals surface area contributed by atoms with E-state index >= 15 is 0 Å². The second-order valence-corrected chi connectivity index (χ2v) is 8.45. The molecule has 11 heteroatoms. The first kappa shape index (κ1) is 21.2. The fraction of sp³-hybridized carbons (Fsp3) is 0.350. The molecule has 5 N–H and O–H groups in total. The summed E-state index contributed by atoms with van der Waals surface area (Å²) in [7, 11) is 1.75. The lowest BCUT2D eigenvalue weighted by molar-refractivity contribution is 0.102. The standard InChI is InChI=1S/C20H23F2N7OS/c1-28-20(29-8-6-13(22)14(23)7-9-29)15(10-25-28)26-18(30)16-17(24)31-19(27-16)11-4-2-3-5-12(11)21/h2-5,10,13-14H,6-9,23-24H2,1H3,(H,26,30)/t13-,14+/m1/s1. The van der Waals surface area contributed by atoms with Crippen LogP contribution in [0.1, 0.15) is 23.3 Å². The number of aryl methyl sites for hydroxylation is 1. The largest absolute Gasteiger partial charge is 0.389 e. The van der Waals surface area contributed by atoms with Crippen LogP contribution in [-0.2, 0) is 7.05 Å². The maximum atomic E-state index is 14.1. The first-order chi connectivity index (χ1) is 14.8. The molecular weight excluding hydrogens is 424 g/mol. The highest BCUT2D eigenvalue weighted by molar-refractivity contribution is 7.19. The van der Waals surface area contributed by atoms with Gasteiger partial charge in [-0.25, -0.2) is 13.8 Å². The molecular formula is C20H23F2N7OS. The monoisotopic (exact) mass is 447 g/mol. The zero-order valence-corrected chi connectivity index (χ0v) is 17.7. The fourth-order valence-electron chi connectivity index (χ4n) is 3.62. The molecule has 2 atom stereocenters. The van der Waals surface area contributed by atoms with E-state index in [1.807, 2.05) is 4.90 Å². The van der Waals surface area contributed by atoms with Gasteiger partial charge in [-0.3, -0.25) is 9.48 Å². The van der Waals surface area contributed by atoms with Gasteiger partial charge in [0.2, 0.25) is 0 Å². The Morgan fingerprint density at radius 3 is 2.81 bits per heavy atom. The summed E-state index contributed by atoms with van der Waals surface area (Å²) in [5, 5.41) is 7.52. The van der Waals surface area contributed by atoms with E-state index in [4.69, 9.17) is 11.5 Å². The van der Waals surface area contributed by atoms with Crippen molar-refractivity contribution < 1.29 is 13.6 Å². The third-order valence-electron chi connectivity index (χ3n) is 5.30. The third-order valence-corrected chi connectivity index (χ3v) is 6.22. The molecule has 1 fully saturated rings. The van der Waals surface area contributed by atoms with Crippen molar-refractivity contribution in [3.05, 3.63) is 42.0 Å². The van der Waals surface area contributed by atoms with Crippen LogP contribution >= 0.6 is 11.3 Å². The third kappa shape index (κ3) is 4.23. The van der Waals surface area contributed by atoms with E-state index in [0.717, 1.165) is 11.3 Å². The molecule has 1 amide bonds. The van der Waals surface area contributed by atoms with Gasteiger partial charge >= 0.3 is 0 Å². The average Bonchev–Trinajstić information content (AvgIpc) is 3.25. The van der Waals surface area contributed by atoms with Crippen molar-refractivity contribution in [3.63, 3.8) is 0 Å². The first-order valence-electron chi connectivity index (χ1n) is 9.84. The molecule has 1 aliphatic rings. The van der Waals surface area contributed by atoms with Gasteiger partial charge in [-0.05, 0) is 25.0 Å². The average molecular weight is 448 g/mol. The number of nitrogen functional groups attached to an aromatic ring is 1. The Morgan fingerprint density at radius 1 is 1.29 bits per heavy atom. The molecule has 8 nitrogen and oxygen atoms in total. The highest BCUT2D eigenvalue weighted by Crippen LogP contribution is 2.33. The zero-order valence-electron chi connectivity index (χ0n) is 16.9. The fourth-order valence-corrected chi connectivity index (χ4v) is 4.48. The van der Waals surface area contributed by atoms with E-state index in [9.17, 15) is 13.6 Å². The van der Waals surface area contributed by atoms with Gasteiger partial charge < -0.3 is 21.7 Å². The maximum Gasteiger partial charge on any atom is 0.277 e. The minimum Gasteiger partial charge on any atom is -0.389 e. The van der Waals surface area contributed by atoms with Crippen LogP contribution < -0.4 is 21.7 Å². The number of hydrogen-bond donors (Lipinski definition) is 3. The molecule has 3 aromatic rings. The lowest BCUT2D eigenvalue weighted by Crippen LogP contribution is -2.31. The van der Waals surface area contributed by atoms with E-state index in [1.165, 1.54) is 12.3 Å². The number of amides is 1. The lowest BCUT2D eigenvalue weighted by Gasteiger charge is -2.24. The van der Waals surface area contributed by atoms with Gasteiger partial charge in [0.25, 0.3) is 5.91 Å². The molecule has 2 aromatic heterocycles. The van der Waals surface area contributed by atoms with Crippen molar-refractivity contribution >= 4 is 33.8 Å². The van der Waals surface area contributed by atoms with Gasteiger partial charge in [0.1, 0.15) is 27.7 Å². The Bertz CT molecular complexity index is 1090. The summed E-state index contributed by atoms with van der Waals surface area (Å²) in [6.07, 6.45) is 1.24. The number of benzene rings is 1. The second kappa shape index (κ2) is 8.60. The summed E-state index contributed by atoms with van der Waals surface area (Å²) in [5.74, 6) is -0.318. The lowest BCUT2D eigenvalue weighted by atomic mass is 10.1. The summed E-state index contributed by atoms with van der Waals surface area (Å²) in [4.78, 5) is 19.1. The van der Waals surface area contributed by atoms with E-state index in [1.54, 1.807) is 29.9 Å². The normalized spacial score (nSPS) is 19.3. The predicted octanol–water partition coefficient (Wildman–Crippen LogP) is 2.78. The number of halogens is 2. The van der Waals surface area contributed by atoms with Crippen molar-refractivity contribution in [2.75, 3.05) is 29.0 Å². The van der Waals surface area contributed by atoms with Crippen molar-refractivity contribution in [1.82, 2.24) is 14.8 Å². The molecule has 0 aliphatic carbocycles. The van der Waals surface area contributed by atoms with Crippen LogP contribution in [0.3, 0.4) is 0 Å². The van der Waals surface area contributed by atoms with E-state index < -0.39 is 23.9 Å². The molecule has 0 bridgehead atoms. The molecule has 3 heterocycles. The van der Waals surface area contributed by atoms with Crippen LogP contribution in [0, 0.1) is 5.82 Å². The van der Waals surface area contributed by atoms with E-state index in [0.29, 0.717) is 42.4 Å². The summed E-state index contributed by atoms with van der Waals surface area (Å²) in [6.45, 7) is 0.994. The topological polar surface area (TPSA) is 115 Å². The van der Waals surface area contributed by atoms with Gasteiger partial charge in [0.05, 0.1) is 6.20 Å². The van der Waals surface area contributed by atoms with E-state index in [-0.39, 0.29) is 16.3 Å². The molecule has 0 radical (unpaired) electrons. The highest BCUT2D eigenvalue weighted by Gasteiger charge is 2.27. The Kier molecular flexibility index (Phi) is 5.88. The van der Waals surface area contributed by atoms with Gasteiger partial charge in [-0.2, -0.15) is 5.10 Å². The number of carbonyl (C=O) groups is 1. The molecule has 1 saturated heterocycles. The molecule has 0 unspecified atom stereocenters. The van der Waals surface area contributed by atoms with Crippen molar-refractivity contribution in [2.45, 2.75) is 25.1 Å². The van der Waals surface area contributed by atoms with Crippen molar-refractivity contribution in [3.8, 4) is 10.6 Å². The summed E-state index contributed by atoms with van der Waals surface area (Å²) < 4.78 is 29.7. The van der Waals surface area contributed by atoms with Crippen molar-refractivity contribution in [1.29, 1.82) is 0 Å². The van der Waals surface area contributed by atoms with Crippen LogP contribution in [0.15, 0.2) is 30.5 Å². The zero-order chi connectivity index (χ0) is 22.1. The van der Waals surface area contributed by atoms with Crippen LogP contribution in [0.5, 0.6) is 0 Å². The van der Waals surface area contributed by atoms with E-state index in [2.05, 4.69) is 15.4 Å². The Morgan fingerprint density at radius 2 is 2.03 bits per heavy atom. The summed E-state index contributed by atoms with van der Waals surface area (Å²) in [5.41, 5.74) is 12.6. The van der Waals surface area contributed by atoms with Gasteiger partial charge in [0, 0.05) is 31.7 Å². The molecule has 1 aliphatic heterocycles. The summed E-state index contributed by atoms with van der Waals surface area (Å²) >= 11 is 1.04. The van der Waals surface area contributed by atoms with Gasteiger partial charge in [-0.1, -0.05) is 23.5 Å². The van der Waals surface area contributed by atoms with Crippen molar-refractivity contribution in [2.24, 2.45) is 12.8 Å². The van der Waals surface area contributed by atoms with Crippen LogP contribution in [-0.4, -0.2) is 46.0 Å². The number of rotatable bonds is 4. The number of nitrogens with one attached hydrogen (secondary N) is 1. The molecule has 0 saturated carbocycles. The quantitative estimate of drug-likeness (QED) is 0.567. The maximum absolute atomic E-state index is 14.1. The molecule has 31 heavy (non-hydrogen) atoms. The van der Waals surface area contributed by atoms with Gasteiger partial charge in [-0.15, -0.1) is 0 Å². The molecule has 4 rings (SSSR count). The second-order valence-electron chi connectivity index (χ2n) is 7.42. The Balaban J connectivity index is 1.57. The number of alkyl halides is 1. The summed E-state index contributed by atoms with van der Waals surface area (Å²) in [6, 6.07) is 5.66. The molecule has 0 spiro atoms. The number of nitrogens with zero attached hydrogens (tertiary/aromatic N) is 4. The number of aromatic nitrogens is 3. The number of carbonyl (C=O) groups excluding carboxylic acids is 1. The predicted molar refractivity (Wildman–Crippen MR) is 117 cm³/mol. The van der Waals surface area contributed by atoms with Crippen LogP contribution in [0.4, 0.5) is 25.3 Å².